The van der Waals surface area contributed by atoms with E-state index in [0.29, 0.717) is 17.1 Å². The quantitative estimate of drug-likeness (QED) is 0.674. The van der Waals surface area contributed by atoms with Gasteiger partial charge in [0, 0.05) is 12.2 Å². The fourth-order valence-electron chi connectivity index (χ4n) is 3.07. The van der Waals surface area contributed by atoms with Crippen molar-refractivity contribution in [1.29, 1.82) is 0 Å². The first-order valence-electron chi connectivity index (χ1n) is 9.16. The highest BCUT2D eigenvalue weighted by Crippen LogP contribution is 2.29. The third-order valence-electron chi connectivity index (χ3n) is 4.94. The number of carbonyl (C=O) groups is 3. The first kappa shape index (κ1) is 20.2. The molecule has 0 bridgehead atoms. The van der Waals surface area contributed by atoms with E-state index in [-0.39, 0.29) is 12.5 Å². The third-order valence-corrected chi connectivity index (χ3v) is 4.94. The molecule has 3 N–H and O–H groups in total. The van der Waals surface area contributed by atoms with Crippen LogP contribution in [0.1, 0.15) is 25.0 Å². The largest absolute Gasteiger partial charge is 0.495 e. The number of methoxy groups -OCH3 is 1. The summed E-state index contributed by atoms with van der Waals surface area (Å²) in [5, 5.41) is 7.89. The minimum Gasteiger partial charge on any atom is -0.495 e. The number of para-hydroxylation sites is 1. The molecule has 8 nitrogen and oxygen atoms in total. The van der Waals surface area contributed by atoms with E-state index in [9.17, 15) is 14.4 Å². The van der Waals surface area contributed by atoms with Gasteiger partial charge in [0.2, 0.25) is 0 Å². The van der Waals surface area contributed by atoms with Gasteiger partial charge in [-0.2, -0.15) is 0 Å². The number of urea groups is 2. The maximum Gasteiger partial charge on any atom is 0.325 e. The van der Waals surface area contributed by atoms with Crippen LogP contribution in [0.25, 0.3) is 0 Å². The summed E-state index contributed by atoms with van der Waals surface area (Å²) in [6.45, 7) is 5.52. The zero-order valence-corrected chi connectivity index (χ0v) is 16.8. The molecule has 2 aromatic carbocycles. The van der Waals surface area contributed by atoms with Gasteiger partial charge in [0.25, 0.3) is 5.91 Å². The lowest BCUT2D eigenvalue weighted by Crippen LogP contribution is -2.43. The van der Waals surface area contributed by atoms with Gasteiger partial charge in [-0.3, -0.25) is 10.1 Å². The molecule has 29 heavy (non-hydrogen) atoms. The van der Waals surface area contributed by atoms with E-state index in [1.54, 1.807) is 32.0 Å². The van der Waals surface area contributed by atoms with Crippen LogP contribution in [-0.2, 0) is 11.3 Å². The number of hydrogen-bond donors (Lipinski definition) is 3. The van der Waals surface area contributed by atoms with Gasteiger partial charge in [-0.25, -0.2) is 9.59 Å². The summed E-state index contributed by atoms with van der Waals surface area (Å²) in [4.78, 5) is 37.8. The van der Waals surface area contributed by atoms with Crippen LogP contribution in [-0.4, -0.2) is 35.5 Å². The van der Waals surface area contributed by atoms with Crippen LogP contribution in [0.2, 0.25) is 0 Å². The Hall–Kier alpha value is -3.55. The van der Waals surface area contributed by atoms with Crippen molar-refractivity contribution >= 4 is 29.3 Å². The van der Waals surface area contributed by atoms with Gasteiger partial charge < -0.3 is 20.3 Å². The van der Waals surface area contributed by atoms with Crippen LogP contribution in [0.5, 0.6) is 5.75 Å². The van der Waals surface area contributed by atoms with E-state index in [2.05, 4.69) is 16.0 Å². The number of carbonyl (C=O) groups excluding carboxylic acids is 3. The van der Waals surface area contributed by atoms with Gasteiger partial charge in [-0.15, -0.1) is 0 Å². The Morgan fingerprint density at radius 2 is 1.79 bits per heavy atom. The van der Waals surface area contributed by atoms with Crippen LogP contribution >= 0.6 is 0 Å². The zero-order valence-electron chi connectivity index (χ0n) is 16.8. The molecule has 0 atom stereocenters. The summed E-state index contributed by atoms with van der Waals surface area (Å²) < 4.78 is 5.40. The predicted molar refractivity (Wildman–Crippen MR) is 110 cm³/mol. The maximum atomic E-state index is 12.4. The number of hydrogen-bond acceptors (Lipinski definition) is 4. The molecule has 1 heterocycles. The van der Waals surface area contributed by atoms with Gasteiger partial charge in [-0.1, -0.05) is 24.3 Å². The average molecular weight is 396 g/mol. The number of nitrogens with zero attached hydrogens (tertiary/aromatic N) is 1. The Morgan fingerprint density at radius 3 is 2.41 bits per heavy atom. The minimum absolute atomic E-state index is 0.233. The van der Waals surface area contributed by atoms with Crippen molar-refractivity contribution in [2.75, 3.05) is 17.7 Å². The Kier molecular flexibility index (Phi) is 5.45. The molecule has 0 aliphatic carbocycles. The summed E-state index contributed by atoms with van der Waals surface area (Å²) in [5.74, 6) is 0.117. The van der Waals surface area contributed by atoms with Crippen LogP contribution in [0.4, 0.5) is 21.0 Å². The van der Waals surface area contributed by atoms with E-state index in [4.69, 9.17) is 4.74 Å². The Labute approximate surface area is 169 Å². The van der Waals surface area contributed by atoms with E-state index >= 15 is 0 Å². The zero-order chi connectivity index (χ0) is 21.2. The molecule has 0 aromatic heterocycles. The molecule has 1 aliphatic rings. The van der Waals surface area contributed by atoms with E-state index in [1.165, 1.54) is 12.0 Å². The van der Waals surface area contributed by atoms with Crippen LogP contribution in [0, 0.1) is 6.92 Å². The number of aryl methyl sites for hydroxylation is 1. The van der Waals surface area contributed by atoms with Gasteiger partial charge in [-0.05, 0) is 50.1 Å². The summed E-state index contributed by atoms with van der Waals surface area (Å²) in [5.41, 5.74) is 1.99. The Balaban J connectivity index is 1.74. The first-order valence-corrected chi connectivity index (χ1v) is 9.16. The standard InChI is InChI=1S/C21H24N4O4/c1-13-7-5-6-8-15(13)22-19(27)23-16-10-9-14(11-17(16)29-4)12-25-20(28)24-18(26)21(25,2)3/h5-11H,12H2,1-4H3,(H2,22,23,27)(H,24,26,28). The Bertz CT molecular complexity index is 971. The van der Waals surface area contributed by atoms with Crippen molar-refractivity contribution in [1.82, 2.24) is 10.2 Å². The lowest BCUT2D eigenvalue weighted by Gasteiger charge is -2.28. The molecular formula is C21H24N4O4. The molecule has 0 radical (unpaired) electrons. The van der Waals surface area contributed by atoms with Gasteiger partial charge in [0.1, 0.15) is 11.3 Å². The van der Waals surface area contributed by atoms with Crippen molar-refractivity contribution in [3.63, 3.8) is 0 Å². The van der Waals surface area contributed by atoms with Crippen molar-refractivity contribution in [2.45, 2.75) is 32.9 Å². The number of anilines is 2. The second-order valence-corrected chi connectivity index (χ2v) is 7.33. The normalized spacial score (nSPS) is 15.1. The minimum atomic E-state index is -0.936. The van der Waals surface area contributed by atoms with Crippen molar-refractivity contribution in [3.05, 3.63) is 53.6 Å². The monoisotopic (exact) mass is 396 g/mol. The summed E-state index contributed by atoms with van der Waals surface area (Å²) >= 11 is 0. The fourth-order valence-corrected chi connectivity index (χ4v) is 3.07. The molecule has 152 valence electrons. The van der Waals surface area contributed by atoms with Crippen molar-refractivity contribution in [2.24, 2.45) is 0 Å². The van der Waals surface area contributed by atoms with Crippen LogP contribution in [0.3, 0.4) is 0 Å². The van der Waals surface area contributed by atoms with E-state index in [0.717, 1.165) is 11.1 Å². The lowest BCUT2D eigenvalue weighted by molar-refractivity contribution is -0.125. The SMILES string of the molecule is COc1cc(CN2C(=O)NC(=O)C2(C)C)ccc1NC(=O)Nc1ccccc1C. The van der Waals surface area contributed by atoms with Gasteiger partial charge in [0.05, 0.1) is 12.8 Å². The number of rotatable bonds is 5. The predicted octanol–water partition coefficient (Wildman–Crippen LogP) is 3.48. The average Bonchev–Trinajstić information content (AvgIpc) is 2.86. The molecule has 5 amide bonds. The second-order valence-electron chi connectivity index (χ2n) is 7.33. The lowest BCUT2D eigenvalue weighted by atomic mass is 10.0. The molecule has 8 heteroatoms. The molecule has 1 saturated heterocycles. The molecule has 0 spiro atoms. The van der Waals surface area contributed by atoms with Gasteiger partial charge >= 0.3 is 12.1 Å². The van der Waals surface area contributed by atoms with Crippen LogP contribution in [0.15, 0.2) is 42.5 Å². The van der Waals surface area contributed by atoms with E-state index < -0.39 is 17.6 Å². The van der Waals surface area contributed by atoms with Crippen molar-refractivity contribution < 1.29 is 19.1 Å². The highest BCUT2D eigenvalue weighted by atomic mass is 16.5. The molecule has 1 fully saturated rings. The smallest absolute Gasteiger partial charge is 0.325 e. The highest BCUT2D eigenvalue weighted by molar-refractivity contribution is 6.06. The summed E-state index contributed by atoms with van der Waals surface area (Å²) in [6, 6.07) is 11.9. The summed E-state index contributed by atoms with van der Waals surface area (Å²) in [7, 11) is 1.50. The number of nitrogens with one attached hydrogen (secondary N) is 3. The first-order chi connectivity index (χ1) is 13.7. The highest BCUT2D eigenvalue weighted by Gasteiger charge is 2.45. The molecule has 1 aliphatic heterocycles. The molecule has 2 aromatic rings. The number of ether oxygens (including phenoxy) is 1. The third kappa shape index (κ3) is 4.16. The fraction of sp³-hybridized carbons (Fsp3) is 0.286. The van der Waals surface area contributed by atoms with Gasteiger partial charge in [0.15, 0.2) is 0 Å². The topological polar surface area (TPSA) is 99.8 Å². The molecule has 0 unspecified atom stereocenters. The maximum absolute atomic E-state index is 12.4. The van der Waals surface area contributed by atoms with Crippen molar-refractivity contribution in [3.8, 4) is 5.75 Å². The second kappa shape index (κ2) is 7.83. The Morgan fingerprint density at radius 1 is 1.10 bits per heavy atom. The number of imide groups is 1. The summed E-state index contributed by atoms with van der Waals surface area (Å²) in [6.07, 6.45) is 0. The van der Waals surface area contributed by atoms with E-state index in [1.807, 2.05) is 31.2 Å². The molecule has 0 saturated carbocycles. The van der Waals surface area contributed by atoms with Crippen LogP contribution < -0.4 is 20.7 Å². The molecule has 3 rings (SSSR count). The number of benzene rings is 2. The molecular weight excluding hydrogens is 372 g/mol. The number of amides is 5.